The molecule has 94 valence electrons. The lowest BCUT2D eigenvalue weighted by atomic mass is 10.2. The van der Waals surface area contributed by atoms with Crippen molar-refractivity contribution in [3.05, 3.63) is 30.0 Å². The number of nitrogens with zero attached hydrogens (tertiary/aromatic N) is 2. The Labute approximate surface area is 104 Å². The highest BCUT2D eigenvalue weighted by atomic mass is 16.4. The molecule has 2 rings (SSSR count). The van der Waals surface area contributed by atoms with Crippen molar-refractivity contribution >= 4 is 23.8 Å². The number of carbonyl (C=O) groups excluding carboxylic acids is 1. The first kappa shape index (κ1) is 12.1. The topological polar surface area (TPSA) is 82.5 Å². The number of hydrogen-bond donors (Lipinski definition) is 2. The van der Waals surface area contributed by atoms with Crippen LogP contribution in [0.3, 0.4) is 0 Å². The number of pyridine rings is 1. The van der Waals surface area contributed by atoms with Gasteiger partial charge >= 0.3 is 5.97 Å². The van der Waals surface area contributed by atoms with E-state index < -0.39 is 5.97 Å². The molecule has 0 spiro atoms. The molecule has 1 aromatic heterocycles. The van der Waals surface area contributed by atoms with E-state index in [4.69, 9.17) is 5.11 Å². The number of aliphatic carboxylic acids is 1. The zero-order valence-electron chi connectivity index (χ0n) is 9.67. The van der Waals surface area contributed by atoms with Crippen LogP contribution in [0, 0.1) is 0 Å². The quantitative estimate of drug-likeness (QED) is 0.741. The number of anilines is 1. The van der Waals surface area contributed by atoms with E-state index in [1.165, 1.54) is 6.08 Å². The number of hydrogen-bond acceptors (Lipinski definition) is 4. The van der Waals surface area contributed by atoms with Crippen LogP contribution in [0.5, 0.6) is 0 Å². The van der Waals surface area contributed by atoms with Crippen LogP contribution in [0.15, 0.2) is 24.4 Å². The highest BCUT2D eigenvalue weighted by Crippen LogP contribution is 2.12. The van der Waals surface area contributed by atoms with Crippen molar-refractivity contribution in [1.82, 2.24) is 10.3 Å². The van der Waals surface area contributed by atoms with E-state index in [1.54, 1.807) is 18.3 Å². The summed E-state index contributed by atoms with van der Waals surface area (Å²) in [5.74, 6) is -0.290. The Morgan fingerprint density at radius 1 is 1.50 bits per heavy atom. The predicted octanol–water partition coefficient (Wildman–Crippen LogP) is 0.116. The van der Waals surface area contributed by atoms with Crippen molar-refractivity contribution in [3.8, 4) is 0 Å². The minimum absolute atomic E-state index is 0.0158. The van der Waals surface area contributed by atoms with E-state index in [2.05, 4.69) is 10.3 Å². The molecular formula is C12H13N3O3. The second-order valence-corrected chi connectivity index (χ2v) is 3.89. The molecule has 6 nitrogen and oxygen atoms in total. The fourth-order valence-corrected chi connectivity index (χ4v) is 1.68. The molecule has 1 fully saturated rings. The fourth-order valence-electron chi connectivity index (χ4n) is 1.68. The maximum atomic E-state index is 11.2. The summed E-state index contributed by atoms with van der Waals surface area (Å²) in [6.45, 7) is 1.64. The van der Waals surface area contributed by atoms with Crippen molar-refractivity contribution in [1.29, 1.82) is 0 Å². The van der Waals surface area contributed by atoms with Crippen LogP contribution in [0.2, 0.25) is 0 Å². The summed E-state index contributed by atoms with van der Waals surface area (Å²) in [4.78, 5) is 27.7. The van der Waals surface area contributed by atoms with Gasteiger partial charge in [-0.15, -0.1) is 0 Å². The molecule has 2 N–H and O–H groups in total. The number of carboxylic acids is 1. The summed E-state index contributed by atoms with van der Waals surface area (Å²) in [6, 6.07) is 3.55. The van der Waals surface area contributed by atoms with Gasteiger partial charge in [0.05, 0.1) is 6.54 Å². The predicted molar refractivity (Wildman–Crippen MR) is 66.1 cm³/mol. The third-order valence-corrected chi connectivity index (χ3v) is 2.55. The first-order chi connectivity index (χ1) is 8.65. The number of carboxylic acid groups (broad SMARTS) is 1. The van der Waals surface area contributed by atoms with E-state index in [0.717, 1.165) is 18.4 Å². The van der Waals surface area contributed by atoms with Crippen LogP contribution in [-0.2, 0) is 9.59 Å². The summed E-state index contributed by atoms with van der Waals surface area (Å²) < 4.78 is 0. The van der Waals surface area contributed by atoms with Crippen molar-refractivity contribution in [2.75, 3.05) is 24.5 Å². The standard InChI is InChI=1S/C12H13N3O3/c16-11-8-15(6-5-13-11)10-3-1-9(7-14-10)2-4-12(17)18/h1-4,7H,5-6,8H2,(H,13,16)(H,17,18)/b4-2+. The van der Waals surface area contributed by atoms with Gasteiger partial charge in [0.15, 0.2) is 0 Å². The maximum Gasteiger partial charge on any atom is 0.328 e. The Morgan fingerprint density at radius 3 is 2.94 bits per heavy atom. The van der Waals surface area contributed by atoms with E-state index in [-0.39, 0.29) is 5.91 Å². The van der Waals surface area contributed by atoms with Crippen LogP contribution in [-0.4, -0.2) is 41.6 Å². The Bertz CT molecular complexity index is 482. The highest BCUT2D eigenvalue weighted by molar-refractivity contribution is 5.85. The molecule has 0 aliphatic carbocycles. The molecule has 18 heavy (non-hydrogen) atoms. The summed E-state index contributed by atoms with van der Waals surface area (Å²) >= 11 is 0. The van der Waals surface area contributed by atoms with E-state index in [9.17, 15) is 9.59 Å². The maximum absolute atomic E-state index is 11.2. The van der Waals surface area contributed by atoms with Crippen molar-refractivity contribution < 1.29 is 14.7 Å². The first-order valence-corrected chi connectivity index (χ1v) is 5.54. The largest absolute Gasteiger partial charge is 0.478 e. The van der Waals surface area contributed by atoms with Gasteiger partial charge in [-0.25, -0.2) is 9.78 Å². The molecule has 0 unspecified atom stereocenters. The van der Waals surface area contributed by atoms with Gasteiger partial charge in [0, 0.05) is 25.4 Å². The van der Waals surface area contributed by atoms with Crippen LogP contribution in [0.25, 0.3) is 6.08 Å². The number of carbonyl (C=O) groups is 2. The van der Waals surface area contributed by atoms with Crippen molar-refractivity contribution in [2.24, 2.45) is 0 Å². The van der Waals surface area contributed by atoms with Crippen LogP contribution in [0.4, 0.5) is 5.82 Å². The fraction of sp³-hybridized carbons (Fsp3) is 0.250. The number of amides is 1. The normalized spacial score (nSPS) is 15.8. The van der Waals surface area contributed by atoms with Gasteiger partial charge in [-0.3, -0.25) is 4.79 Å². The van der Waals surface area contributed by atoms with E-state index in [0.29, 0.717) is 18.7 Å². The molecule has 0 radical (unpaired) electrons. The second-order valence-electron chi connectivity index (χ2n) is 3.89. The molecular weight excluding hydrogens is 234 g/mol. The molecule has 1 aromatic rings. The summed E-state index contributed by atoms with van der Waals surface area (Å²) in [6.07, 6.45) is 4.12. The molecule has 0 bridgehead atoms. The summed E-state index contributed by atoms with van der Waals surface area (Å²) in [5, 5.41) is 11.2. The molecule has 6 heteroatoms. The number of piperazine rings is 1. The molecule has 0 aromatic carbocycles. The van der Waals surface area contributed by atoms with Gasteiger partial charge in [0.1, 0.15) is 5.82 Å². The van der Waals surface area contributed by atoms with Crippen LogP contribution in [0.1, 0.15) is 5.56 Å². The number of aromatic nitrogens is 1. The van der Waals surface area contributed by atoms with Gasteiger partial charge in [0.25, 0.3) is 0 Å². The Morgan fingerprint density at radius 2 is 2.33 bits per heavy atom. The van der Waals surface area contributed by atoms with Gasteiger partial charge in [-0.05, 0) is 23.8 Å². The average molecular weight is 247 g/mol. The third kappa shape index (κ3) is 3.07. The lowest BCUT2D eigenvalue weighted by molar-refractivity contribution is -0.131. The highest BCUT2D eigenvalue weighted by Gasteiger charge is 2.16. The van der Waals surface area contributed by atoms with Gasteiger partial charge in [-0.2, -0.15) is 0 Å². The minimum atomic E-state index is -0.994. The molecule has 1 amide bonds. The van der Waals surface area contributed by atoms with Crippen molar-refractivity contribution in [2.45, 2.75) is 0 Å². The Kier molecular flexibility index (Phi) is 3.57. The molecule has 0 atom stereocenters. The second kappa shape index (κ2) is 5.31. The molecule has 1 aliphatic rings. The Balaban J connectivity index is 2.07. The van der Waals surface area contributed by atoms with E-state index in [1.807, 2.05) is 4.90 Å². The van der Waals surface area contributed by atoms with E-state index >= 15 is 0 Å². The zero-order valence-corrected chi connectivity index (χ0v) is 9.67. The minimum Gasteiger partial charge on any atom is -0.478 e. The molecule has 1 aliphatic heterocycles. The van der Waals surface area contributed by atoms with Gasteiger partial charge < -0.3 is 15.3 Å². The summed E-state index contributed by atoms with van der Waals surface area (Å²) in [7, 11) is 0. The molecule has 1 saturated heterocycles. The monoisotopic (exact) mass is 247 g/mol. The third-order valence-electron chi connectivity index (χ3n) is 2.55. The van der Waals surface area contributed by atoms with Crippen LogP contribution < -0.4 is 10.2 Å². The zero-order chi connectivity index (χ0) is 13.0. The van der Waals surface area contributed by atoms with Crippen LogP contribution >= 0.6 is 0 Å². The van der Waals surface area contributed by atoms with Gasteiger partial charge in [0.2, 0.25) is 5.91 Å². The lowest BCUT2D eigenvalue weighted by Gasteiger charge is -2.27. The smallest absolute Gasteiger partial charge is 0.328 e. The molecule has 2 heterocycles. The number of nitrogens with one attached hydrogen (secondary N) is 1. The first-order valence-electron chi connectivity index (χ1n) is 5.54. The molecule has 0 saturated carbocycles. The number of rotatable bonds is 3. The summed E-state index contributed by atoms with van der Waals surface area (Å²) in [5.41, 5.74) is 0.711. The Hall–Kier alpha value is -2.37. The SMILES string of the molecule is O=C(O)/C=C/c1ccc(N2CCNC(=O)C2)nc1. The van der Waals surface area contributed by atoms with Crippen molar-refractivity contribution in [3.63, 3.8) is 0 Å². The lowest BCUT2D eigenvalue weighted by Crippen LogP contribution is -2.48. The average Bonchev–Trinajstić information content (AvgIpc) is 2.37. The van der Waals surface area contributed by atoms with Gasteiger partial charge in [-0.1, -0.05) is 0 Å².